The summed E-state index contributed by atoms with van der Waals surface area (Å²) in [5.41, 5.74) is 0.243. The quantitative estimate of drug-likeness (QED) is 0.849. The molecule has 0 fully saturated rings. The van der Waals surface area contributed by atoms with Gasteiger partial charge in [0.15, 0.2) is 0 Å². The summed E-state index contributed by atoms with van der Waals surface area (Å²) < 4.78 is 14.6. The van der Waals surface area contributed by atoms with E-state index in [0.29, 0.717) is 5.56 Å². The highest BCUT2D eigenvalue weighted by Crippen LogP contribution is 2.39. The van der Waals surface area contributed by atoms with E-state index in [4.69, 9.17) is 4.74 Å². The van der Waals surface area contributed by atoms with Crippen molar-refractivity contribution >= 4 is 28.8 Å². The molecule has 0 spiro atoms. The van der Waals surface area contributed by atoms with Crippen molar-refractivity contribution in [1.29, 1.82) is 0 Å². The van der Waals surface area contributed by atoms with Gasteiger partial charge in [0, 0.05) is 5.56 Å². The van der Waals surface area contributed by atoms with Crippen LogP contribution in [0.2, 0.25) is 0 Å². The van der Waals surface area contributed by atoms with Crippen molar-refractivity contribution in [2.75, 3.05) is 14.2 Å². The predicted molar refractivity (Wildman–Crippen MR) is 81.5 cm³/mol. The van der Waals surface area contributed by atoms with E-state index in [0.717, 1.165) is 25.0 Å². The summed E-state index contributed by atoms with van der Waals surface area (Å²) in [7, 11) is 2.24. The van der Waals surface area contributed by atoms with E-state index in [9.17, 15) is 14.7 Å². The molecule has 3 rings (SSSR count). The molecule has 1 aliphatic heterocycles. The highest BCUT2D eigenvalue weighted by Gasteiger charge is 2.50. The number of fused-ring (bicyclic) bond motifs is 3. The Balaban J connectivity index is 2.28. The zero-order valence-corrected chi connectivity index (χ0v) is 12.5. The molecule has 0 aliphatic carbocycles. The Morgan fingerprint density at radius 1 is 1.09 bits per heavy atom. The van der Waals surface area contributed by atoms with Gasteiger partial charge in [0.25, 0.3) is 0 Å². The summed E-state index contributed by atoms with van der Waals surface area (Å²) in [5, 5.41) is 12.3. The van der Waals surface area contributed by atoms with Gasteiger partial charge in [0.1, 0.15) is 11.3 Å². The number of aliphatic hydroxyl groups is 1. The van der Waals surface area contributed by atoms with Gasteiger partial charge in [-0.25, -0.2) is 9.59 Å². The Kier molecular flexibility index (Phi) is 3.54. The molecular formula is C17H14O6. The average Bonchev–Trinajstić information content (AvgIpc) is 2.59. The molecule has 1 heterocycles. The van der Waals surface area contributed by atoms with Crippen molar-refractivity contribution in [2.45, 2.75) is 5.79 Å². The molecule has 0 amide bonds. The van der Waals surface area contributed by atoms with Crippen LogP contribution in [0, 0.1) is 0 Å². The fourth-order valence-corrected chi connectivity index (χ4v) is 2.57. The van der Waals surface area contributed by atoms with E-state index < -0.39 is 17.7 Å². The minimum atomic E-state index is -2.54. The SMILES string of the molecule is COC(=O)C1=Cc2c(ccc3ccccc23)OC1(O)C(=O)OC. The van der Waals surface area contributed by atoms with Crippen LogP contribution in [-0.4, -0.2) is 37.1 Å². The second-order valence-electron chi connectivity index (χ2n) is 4.99. The van der Waals surface area contributed by atoms with Gasteiger partial charge in [0.05, 0.1) is 14.2 Å². The molecule has 23 heavy (non-hydrogen) atoms. The molecule has 1 unspecified atom stereocenters. The van der Waals surface area contributed by atoms with Crippen LogP contribution in [0.5, 0.6) is 5.75 Å². The van der Waals surface area contributed by atoms with Crippen molar-refractivity contribution in [1.82, 2.24) is 0 Å². The molecule has 0 radical (unpaired) electrons. The molecular weight excluding hydrogens is 300 g/mol. The number of esters is 2. The number of hydrogen-bond donors (Lipinski definition) is 1. The van der Waals surface area contributed by atoms with Gasteiger partial charge in [-0.2, -0.15) is 0 Å². The molecule has 0 aromatic heterocycles. The fraction of sp³-hybridized carbons (Fsp3) is 0.176. The van der Waals surface area contributed by atoms with Crippen molar-refractivity contribution in [2.24, 2.45) is 0 Å². The van der Waals surface area contributed by atoms with E-state index in [1.54, 1.807) is 12.1 Å². The molecule has 2 aromatic rings. The Morgan fingerprint density at radius 2 is 1.83 bits per heavy atom. The molecule has 6 heteroatoms. The normalized spacial score (nSPS) is 19.3. The van der Waals surface area contributed by atoms with Gasteiger partial charge in [-0.05, 0) is 22.9 Å². The summed E-state index contributed by atoms with van der Waals surface area (Å²) in [5.74, 6) is -4.26. The molecule has 1 atom stereocenters. The molecule has 1 aliphatic rings. The first-order valence-electron chi connectivity index (χ1n) is 6.83. The van der Waals surface area contributed by atoms with Crippen LogP contribution in [0.1, 0.15) is 5.56 Å². The largest absolute Gasteiger partial charge is 0.465 e. The highest BCUT2D eigenvalue weighted by atomic mass is 16.7. The van der Waals surface area contributed by atoms with Gasteiger partial charge in [-0.3, -0.25) is 0 Å². The second-order valence-corrected chi connectivity index (χ2v) is 4.99. The molecule has 0 bridgehead atoms. The predicted octanol–water partition coefficient (Wildman–Crippen LogP) is 1.65. The fourth-order valence-electron chi connectivity index (χ4n) is 2.57. The van der Waals surface area contributed by atoms with Gasteiger partial charge < -0.3 is 19.3 Å². The van der Waals surface area contributed by atoms with E-state index in [-0.39, 0.29) is 11.3 Å². The van der Waals surface area contributed by atoms with Gasteiger partial charge in [-0.1, -0.05) is 30.3 Å². The van der Waals surface area contributed by atoms with Crippen LogP contribution >= 0.6 is 0 Å². The molecule has 1 N–H and O–H groups in total. The van der Waals surface area contributed by atoms with E-state index in [1.165, 1.54) is 6.08 Å². The average molecular weight is 314 g/mol. The number of hydrogen-bond acceptors (Lipinski definition) is 6. The Hall–Kier alpha value is -2.86. The van der Waals surface area contributed by atoms with Crippen molar-refractivity contribution < 1.29 is 28.9 Å². The van der Waals surface area contributed by atoms with Crippen LogP contribution in [0.4, 0.5) is 0 Å². The van der Waals surface area contributed by atoms with Crippen LogP contribution < -0.4 is 4.74 Å². The van der Waals surface area contributed by atoms with Gasteiger partial charge in [-0.15, -0.1) is 0 Å². The third-order valence-corrected chi connectivity index (χ3v) is 3.71. The molecule has 118 valence electrons. The number of carbonyl (C=O) groups is 2. The van der Waals surface area contributed by atoms with Crippen LogP contribution in [0.15, 0.2) is 42.0 Å². The monoisotopic (exact) mass is 314 g/mol. The van der Waals surface area contributed by atoms with Crippen molar-refractivity contribution in [3.63, 3.8) is 0 Å². The summed E-state index contributed by atoms with van der Waals surface area (Å²) in [6, 6.07) is 10.9. The Bertz CT molecular complexity index is 838. The lowest BCUT2D eigenvalue weighted by Gasteiger charge is -2.31. The lowest BCUT2D eigenvalue weighted by Crippen LogP contribution is -2.50. The first kappa shape index (κ1) is 15.1. The van der Waals surface area contributed by atoms with Crippen molar-refractivity contribution in [3.8, 4) is 5.75 Å². The third-order valence-electron chi connectivity index (χ3n) is 3.71. The topological polar surface area (TPSA) is 82.1 Å². The number of benzene rings is 2. The maximum Gasteiger partial charge on any atom is 0.384 e. The minimum Gasteiger partial charge on any atom is -0.465 e. The zero-order valence-electron chi connectivity index (χ0n) is 12.5. The van der Waals surface area contributed by atoms with Crippen LogP contribution in [0.25, 0.3) is 16.8 Å². The standard InChI is InChI=1S/C17H14O6/c1-21-15(18)13-9-12-11-6-4-3-5-10(11)7-8-14(12)23-17(13,20)16(19)22-2/h3-9,20H,1-2H3. The van der Waals surface area contributed by atoms with Crippen molar-refractivity contribution in [3.05, 3.63) is 47.5 Å². The Labute approximate surface area is 131 Å². The number of methoxy groups -OCH3 is 2. The number of ether oxygens (including phenoxy) is 3. The minimum absolute atomic E-state index is 0.268. The second kappa shape index (κ2) is 5.40. The lowest BCUT2D eigenvalue weighted by atomic mass is 9.95. The first-order chi connectivity index (χ1) is 11.0. The summed E-state index contributed by atoms with van der Waals surface area (Å²) in [6.07, 6.45) is 1.39. The number of carbonyl (C=O) groups excluding carboxylic acids is 2. The lowest BCUT2D eigenvalue weighted by molar-refractivity contribution is -0.189. The van der Waals surface area contributed by atoms with E-state index in [1.807, 2.05) is 24.3 Å². The number of rotatable bonds is 2. The van der Waals surface area contributed by atoms with Crippen LogP contribution in [0.3, 0.4) is 0 Å². The summed E-state index contributed by atoms with van der Waals surface area (Å²) >= 11 is 0. The zero-order chi connectivity index (χ0) is 16.6. The maximum atomic E-state index is 12.0. The maximum absolute atomic E-state index is 12.0. The van der Waals surface area contributed by atoms with Gasteiger partial charge in [0.2, 0.25) is 0 Å². The molecule has 0 saturated heterocycles. The van der Waals surface area contributed by atoms with E-state index in [2.05, 4.69) is 9.47 Å². The van der Waals surface area contributed by atoms with Gasteiger partial charge >= 0.3 is 17.7 Å². The molecule has 2 aromatic carbocycles. The molecule has 0 saturated carbocycles. The van der Waals surface area contributed by atoms with Crippen LogP contribution in [-0.2, 0) is 19.1 Å². The third kappa shape index (κ3) is 2.24. The van der Waals surface area contributed by atoms with E-state index >= 15 is 0 Å². The summed E-state index contributed by atoms with van der Waals surface area (Å²) in [6.45, 7) is 0. The first-order valence-corrected chi connectivity index (χ1v) is 6.83. The smallest absolute Gasteiger partial charge is 0.384 e. The summed E-state index contributed by atoms with van der Waals surface area (Å²) in [4.78, 5) is 24.0. The Morgan fingerprint density at radius 3 is 2.52 bits per heavy atom. The highest BCUT2D eigenvalue weighted by molar-refractivity contribution is 6.07. The molecule has 6 nitrogen and oxygen atoms in total.